The molecule has 1 atom stereocenters. The van der Waals surface area contributed by atoms with Crippen LogP contribution in [-0.2, 0) is 6.42 Å². The number of pyridine rings is 1. The summed E-state index contributed by atoms with van der Waals surface area (Å²) in [6.07, 6.45) is 4.87. The number of nitrogens with zero attached hydrogens (tertiary/aromatic N) is 1. The molecule has 1 aromatic heterocycles. The van der Waals surface area contributed by atoms with Gasteiger partial charge in [0.15, 0.2) is 0 Å². The zero-order valence-electron chi connectivity index (χ0n) is 11.1. The average molecular weight is 311 g/mol. The van der Waals surface area contributed by atoms with Gasteiger partial charge in [-0.3, -0.25) is 4.98 Å². The molecule has 1 aromatic carbocycles. The van der Waals surface area contributed by atoms with Crippen LogP contribution >= 0.6 is 23.2 Å². The second kappa shape index (κ2) is 6.93. The molecule has 3 nitrogen and oxygen atoms in total. The van der Waals surface area contributed by atoms with E-state index in [9.17, 15) is 0 Å². The topological polar surface area (TPSA) is 48.1 Å². The summed E-state index contributed by atoms with van der Waals surface area (Å²) in [6.45, 7) is 2.07. The van der Waals surface area contributed by atoms with E-state index in [0.29, 0.717) is 21.5 Å². The van der Waals surface area contributed by atoms with E-state index in [4.69, 9.17) is 33.7 Å². The Morgan fingerprint density at radius 2 is 2.05 bits per heavy atom. The van der Waals surface area contributed by atoms with Crippen LogP contribution in [0.4, 0.5) is 0 Å². The molecule has 1 heterocycles. The fourth-order valence-electron chi connectivity index (χ4n) is 1.78. The van der Waals surface area contributed by atoms with Gasteiger partial charge in [0, 0.05) is 18.3 Å². The van der Waals surface area contributed by atoms with Gasteiger partial charge in [-0.05, 0) is 30.5 Å². The van der Waals surface area contributed by atoms with Gasteiger partial charge in [-0.25, -0.2) is 0 Å². The van der Waals surface area contributed by atoms with E-state index >= 15 is 0 Å². The highest BCUT2D eigenvalue weighted by Gasteiger charge is 2.07. The summed E-state index contributed by atoms with van der Waals surface area (Å²) in [7, 11) is 0. The zero-order valence-corrected chi connectivity index (χ0v) is 12.7. The molecule has 2 rings (SSSR count). The van der Waals surface area contributed by atoms with Crippen LogP contribution in [0.1, 0.15) is 18.9 Å². The first-order chi connectivity index (χ1) is 9.58. The van der Waals surface area contributed by atoms with Gasteiger partial charge in [0.2, 0.25) is 0 Å². The number of halogens is 2. The van der Waals surface area contributed by atoms with Crippen molar-refractivity contribution in [2.75, 3.05) is 0 Å². The maximum Gasteiger partial charge on any atom is 0.147 e. The molecule has 0 saturated heterocycles. The van der Waals surface area contributed by atoms with Crippen molar-refractivity contribution in [3.63, 3.8) is 0 Å². The Labute approximate surface area is 128 Å². The lowest BCUT2D eigenvalue weighted by molar-refractivity contribution is 0.480. The van der Waals surface area contributed by atoms with Crippen LogP contribution in [-0.4, -0.2) is 11.0 Å². The fraction of sp³-hybridized carbons (Fsp3) is 0.267. The highest BCUT2D eigenvalue weighted by molar-refractivity contribution is 6.32. The van der Waals surface area contributed by atoms with Gasteiger partial charge in [-0.2, -0.15) is 0 Å². The van der Waals surface area contributed by atoms with Crippen molar-refractivity contribution in [3.05, 3.63) is 52.3 Å². The molecule has 0 aliphatic heterocycles. The van der Waals surface area contributed by atoms with Crippen molar-refractivity contribution in [3.8, 4) is 11.5 Å². The van der Waals surface area contributed by atoms with Crippen LogP contribution in [0.3, 0.4) is 0 Å². The largest absolute Gasteiger partial charge is 0.454 e. The number of hydrogen-bond donors (Lipinski definition) is 1. The summed E-state index contributed by atoms with van der Waals surface area (Å²) in [6, 6.07) is 7.52. The van der Waals surface area contributed by atoms with Gasteiger partial charge >= 0.3 is 0 Å². The molecule has 0 spiro atoms. The van der Waals surface area contributed by atoms with Crippen LogP contribution in [0.15, 0.2) is 36.7 Å². The average Bonchev–Trinajstić information content (AvgIpc) is 2.42. The Morgan fingerprint density at radius 3 is 2.70 bits per heavy atom. The number of rotatable bonds is 5. The van der Waals surface area contributed by atoms with Gasteiger partial charge in [-0.1, -0.05) is 36.2 Å². The molecule has 2 aromatic rings. The fourth-order valence-corrected chi connectivity index (χ4v) is 2.18. The first kappa shape index (κ1) is 15.1. The molecular formula is C15H16Cl2N2O. The number of benzene rings is 1. The first-order valence-electron chi connectivity index (χ1n) is 6.41. The van der Waals surface area contributed by atoms with Crippen LogP contribution in [0, 0.1) is 0 Å². The standard InChI is InChI=1S/C15H16Cl2N2O/c1-2-12(18)5-10-3-4-15(14(17)6-10)20-13-7-11(16)8-19-9-13/h3-4,6-9,12H,2,5,18H2,1H3. The van der Waals surface area contributed by atoms with Crippen molar-refractivity contribution >= 4 is 23.2 Å². The minimum Gasteiger partial charge on any atom is -0.454 e. The quantitative estimate of drug-likeness (QED) is 0.887. The lowest BCUT2D eigenvalue weighted by atomic mass is 10.0. The molecule has 0 aliphatic carbocycles. The normalized spacial score (nSPS) is 12.2. The maximum atomic E-state index is 6.23. The van der Waals surface area contributed by atoms with Crippen molar-refractivity contribution in [1.82, 2.24) is 4.98 Å². The smallest absolute Gasteiger partial charge is 0.147 e. The molecule has 0 fully saturated rings. The summed E-state index contributed by atoms with van der Waals surface area (Å²) in [4.78, 5) is 3.96. The number of aromatic nitrogens is 1. The lowest BCUT2D eigenvalue weighted by Crippen LogP contribution is -2.21. The molecule has 0 saturated carbocycles. The molecule has 0 amide bonds. The Bertz CT molecular complexity index is 590. The maximum absolute atomic E-state index is 6.23. The third-order valence-corrected chi connectivity index (χ3v) is 3.43. The molecular weight excluding hydrogens is 295 g/mol. The van der Waals surface area contributed by atoms with E-state index in [1.54, 1.807) is 18.5 Å². The number of ether oxygens (including phenoxy) is 1. The summed E-state index contributed by atoms with van der Waals surface area (Å²) in [5.41, 5.74) is 7.03. The predicted octanol–water partition coefficient (Wildman–Crippen LogP) is 4.46. The summed E-state index contributed by atoms with van der Waals surface area (Å²) >= 11 is 12.1. The van der Waals surface area contributed by atoms with Crippen LogP contribution in [0.2, 0.25) is 10.0 Å². The Hall–Kier alpha value is -1.29. The second-order valence-electron chi connectivity index (χ2n) is 4.58. The van der Waals surface area contributed by atoms with Crippen molar-refractivity contribution in [2.45, 2.75) is 25.8 Å². The zero-order chi connectivity index (χ0) is 14.5. The molecule has 0 bridgehead atoms. The van der Waals surface area contributed by atoms with Crippen LogP contribution in [0.5, 0.6) is 11.5 Å². The van der Waals surface area contributed by atoms with E-state index in [1.165, 1.54) is 0 Å². The number of hydrogen-bond acceptors (Lipinski definition) is 3. The third-order valence-electron chi connectivity index (χ3n) is 2.93. The van der Waals surface area contributed by atoms with Crippen molar-refractivity contribution < 1.29 is 4.74 Å². The van der Waals surface area contributed by atoms with Gasteiger partial charge in [0.1, 0.15) is 11.5 Å². The minimum absolute atomic E-state index is 0.148. The van der Waals surface area contributed by atoms with Gasteiger partial charge in [0.05, 0.1) is 16.2 Å². The van der Waals surface area contributed by atoms with E-state index in [1.807, 2.05) is 18.2 Å². The van der Waals surface area contributed by atoms with Gasteiger partial charge < -0.3 is 10.5 Å². The summed E-state index contributed by atoms with van der Waals surface area (Å²) < 4.78 is 5.67. The Kier molecular flexibility index (Phi) is 5.24. The van der Waals surface area contributed by atoms with E-state index in [2.05, 4.69) is 11.9 Å². The predicted molar refractivity (Wildman–Crippen MR) is 82.7 cm³/mol. The molecule has 0 radical (unpaired) electrons. The summed E-state index contributed by atoms with van der Waals surface area (Å²) in [5.74, 6) is 1.13. The van der Waals surface area contributed by atoms with Crippen molar-refractivity contribution in [1.29, 1.82) is 0 Å². The summed E-state index contributed by atoms with van der Waals surface area (Å²) in [5, 5.41) is 1.06. The molecule has 20 heavy (non-hydrogen) atoms. The lowest BCUT2D eigenvalue weighted by Gasteiger charge is -2.11. The molecule has 1 unspecified atom stereocenters. The van der Waals surface area contributed by atoms with Crippen LogP contribution < -0.4 is 10.5 Å². The molecule has 2 N–H and O–H groups in total. The minimum atomic E-state index is 0.148. The van der Waals surface area contributed by atoms with Crippen molar-refractivity contribution in [2.24, 2.45) is 5.73 Å². The second-order valence-corrected chi connectivity index (χ2v) is 5.42. The monoisotopic (exact) mass is 310 g/mol. The third kappa shape index (κ3) is 4.10. The molecule has 0 aliphatic rings. The van der Waals surface area contributed by atoms with E-state index in [-0.39, 0.29) is 6.04 Å². The Balaban J connectivity index is 2.13. The van der Waals surface area contributed by atoms with E-state index in [0.717, 1.165) is 18.4 Å². The Morgan fingerprint density at radius 1 is 1.25 bits per heavy atom. The van der Waals surface area contributed by atoms with E-state index < -0.39 is 0 Å². The number of nitrogens with two attached hydrogens (primary N) is 1. The van der Waals surface area contributed by atoms with Gasteiger partial charge in [0.25, 0.3) is 0 Å². The molecule has 106 valence electrons. The highest BCUT2D eigenvalue weighted by Crippen LogP contribution is 2.31. The molecule has 5 heteroatoms. The van der Waals surface area contributed by atoms with Crippen LogP contribution in [0.25, 0.3) is 0 Å². The SMILES string of the molecule is CCC(N)Cc1ccc(Oc2cncc(Cl)c2)c(Cl)c1. The first-order valence-corrected chi connectivity index (χ1v) is 7.16. The van der Waals surface area contributed by atoms with Gasteiger partial charge in [-0.15, -0.1) is 0 Å². The highest BCUT2D eigenvalue weighted by atomic mass is 35.5.